The molecule has 0 fully saturated rings. The number of aromatic nitrogens is 2. The molecule has 0 atom stereocenters. The number of hydrogen-bond acceptors (Lipinski definition) is 3. The fraction of sp³-hybridized carbons (Fsp3) is 0. The van der Waals surface area contributed by atoms with E-state index < -0.39 is 17.3 Å². The van der Waals surface area contributed by atoms with E-state index in [1.165, 1.54) is 24.4 Å². The Morgan fingerprint density at radius 2 is 1.73 bits per heavy atom. The first kappa shape index (κ1) is 12.7. The molecule has 0 radical (unpaired) electrons. The van der Waals surface area contributed by atoms with Crippen LogP contribution in [0.5, 0.6) is 0 Å². The molecule has 0 saturated carbocycles. The molecule has 22 heavy (non-hydrogen) atoms. The van der Waals surface area contributed by atoms with E-state index in [1.807, 2.05) is 0 Å². The van der Waals surface area contributed by atoms with Crippen LogP contribution in [0.2, 0.25) is 0 Å². The van der Waals surface area contributed by atoms with Crippen molar-refractivity contribution >= 4 is 21.8 Å². The maximum absolute atomic E-state index is 14.0. The highest BCUT2D eigenvalue weighted by molar-refractivity contribution is 5.94. The largest absolute Gasteiger partial charge is 0.403 e. The molecule has 1 N–H and O–H groups in total. The first-order valence-electron chi connectivity index (χ1n) is 6.50. The highest BCUT2D eigenvalue weighted by atomic mass is 19.1. The van der Waals surface area contributed by atoms with Gasteiger partial charge in [-0.15, -0.1) is 0 Å². The lowest BCUT2D eigenvalue weighted by Gasteiger charge is -2.01. The van der Waals surface area contributed by atoms with Crippen molar-refractivity contribution in [3.63, 3.8) is 0 Å². The summed E-state index contributed by atoms with van der Waals surface area (Å²) in [5, 5.41) is 0.0560. The van der Waals surface area contributed by atoms with Crippen LogP contribution in [0.3, 0.4) is 0 Å². The zero-order chi connectivity index (χ0) is 15.3. The van der Waals surface area contributed by atoms with E-state index in [1.54, 1.807) is 12.1 Å². The standard InChI is InChI=1S/C16H8F2N2O2/c17-9-3-1-5-11-13(9)8(7-19-11)15-20-12-6-2-4-10(18)14(12)16(21)22-15/h1-7,19H. The lowest BCUT2D eigenvalue weighted by molar-refractivity contribution is 0.513. The molecule has 4 aromatic rings. The van der Waals surface area contributed by atoms with E-state index in [2.05, 4.69) is 9.97 Å². The molecule has 2 aromatic heterocycles. The topological polar surface area (TPSA) is 58.9 Å². The minimum atomic E-state index is -0.844. The second-order valence-electron chi connectivity index (χ2n) is 4.81. The molecule has 0 aliphatic carbocycles. The average molecular weight is 298 g/mol. The molecule has 4 nitrogen and oxygen atoms in total. The third-order valence-corrected chi connectivity index (χ3v) is 3.49. The first-order valence-corrected chi connectivity index (χ1v) is 6.50. The van der Waals surface area contributed by atoms with E-state index in [0.717, 1.165) is 6.07 Å². The summed E-state index contributed by atoms with van der Waals surface area (Å²) in [7, 11) is 0. The Labute approximate surface area is 122 Å². The van der Waals surface area contributed by atoms with Crippen molar-refractivity contribution in [1.29, 1.82) is 0 Å². The second-order valence-corrected chi connectivity index (χ2v) is 4.81. The van der Waals surface area contributed by atoms with E-state index in [4.69, 9.17) is 4.42 Å². The molecule has 0 saturated heterocycles. The summed E-state index contributed by atoms with van der Waals surface area (Å²) >= 11 is 0. The van der Waals surface area contributed by atoms with Gasteiger partial charge in [-0.05, 0) is 24.3 Å². The predicted octanol–water partition coefficient (Wildman–Crippen LogP) is 3.61. The lowest BCUT2D eigenvalue weighted by Crippen LogP contribution is -2.05. The zero-order valence-corrected chi connectivity index (χ0v) is 11.1. The van der Waals surface area contributed by atoms with Crippen molar-refractivity contribution in [2.75, 3.05) is 0 Å². The fourth-order valence-electron chi connectivity index (χ4n) is 2.50. The Morgan fingerprint density at radius 1 is 1.00 bits per heavy atom. The summed E-state index contributed by atoms with van der Waals surface area (Å²) in [4.78, 5) is 19.0. The molecule has 6 heteroatoms. The molecule has 2 aromatic carbocycles. The summed E-state index contributed by atoms with van der Waals surface area (Å²) in [6.45, 7) is 0. The summed E-state index contributed by atoms with van der Waals surface area (Å²) in [5.41, 5.74) is 0.191. The third-order valence-electron chi connectivity index (χ3n) is 3.49. The Balaban J connectivity index is 2.07. The summed E-state index contributed by atoms with van der Waals surface area (Å²) in [5.74, 6) is -1.22. The molecular formula is C16H8F2N2O2. The molecule has 0 spiro atoms. The van der Waals surface area contributed by atoms with Crippen LogP contribution in [0.4, 0.5) is 8.78 Å². The quantitative estimate of drug-likeness (QED) is 0.584. The van der Waals surface area contributed by atoms with Crippen LogP contribution in [0.25, 0.3) is 33.3 Å². The second kappa shape index (κ2) is 4.49. The Morgan fingerprint density at radius 3 is 2.55 bits per heavy atom. The van der Waals surface area contributed by atoms with Gasteiger partial charge in [0, 0.05) is 17.1 Å². The molecular weight excluding hydrogens is 290 g/mol. The van der Waals surface area contributed by atoms with E-state index in [-0.39, 0.29) is 22.2 Å². The molecule has 0 aliphatic rings. The number of halogens is 2. The minimum Gasteiger partial charge on any atom is -0.403 e. The lowest BCUT2D eigenvalue weighted by atomic mass is 10.1. The fourth-order valence-corrected chi connectivity index (χ4v) is 2.50. The number of rotatable bonds is 1. The van der Waals surface area contributed by atoms with Crippen LogP contribution in [0, 0.1) is 11.6 Å². The van der Waals surface area contributed by atoms with Crippen molar-refractivity contribution in [2.45, 2.75) is 0 Å². The molecule has 0 aliphatic heterocycles. The third kappa shape index (κ3) is 1.74. The van der Waals surface area contributed by atoms with Crippen molar-refractivity contribution in [2.24, 2.45) is 0 Å². The van der Waals surface area contributed by atoms with E-state index in [9.17, 15) is 13.6 Å². The van der Waals surface area contributed by atoms with Gasteiger partial charge in [-0.25, -0.2) is 18.6 Å². The van der Waals surface area contributed by atoms with Crippen LogP contribution in [0.15, 0.2) is 51.8 Å². The van der Waals surface area contributed by atoms with Gasteiger partial charge < -0.3 is 9.40 Å². The number of hydrogen-bond donors (Lipinski definition) is 1. The van der Waals surface area contributed by atoms with Crippen molar-refractivity contribution in [3.05, 3.63) is 64.6 Å². The highest BCUT2D eigenvalue weighted by Crippen LogP contribution is 2.29. The number of benzene rings is 2. The molecule has 0 unspecified atom stereocenters. The zero-order valence-electron chi connectivity index (χ0n) is 11.1. The average Bonchev–Trinajstić information content (AvgIpc) is 2.92. The number of nitrogens with one attached hydrogen (secondary N) is 1. The Bertz CT molecular complexity index is 1080. The Kier molecular flexibility index (Phi) is 2.59. The van der Waals surface area contributed by atoms with Gasteiger partial charge >= 0.3 is 5.63 Å². The smallest absolute Gasteiger partial charge is 0.350 e. The first-order chi connectivity index (χ1) is 10.6. The number of H-pyrrole nitrogens is 1. The minimum absolute atomic E-state index is 0.0561. The van der Waals surface area contributed by atoms with Crippen molar-refractivity contribution < 1.29 is 13.2 Å². The van der Waals surface area contributed by atoms with Crippen LogP contribution in [0.1, 0.15) is 0 Å². The van der Waals surface area contributed by atoms with Crippen molar-refractivity contribution in [1.82, 2.24) is 9.97 Å². The SMILES string of the molecule is O=c1oc(-c2c[nH]c3cccc(F)c23)nc2cccc(F)c12. The maximum atomic E-state index is 14.0. The summed E-state index contributed by atoms with van der Waals surface area (Å²) in [6.07, 6.45) is 1.50. The van der Waals surface area contributed by atoms with Gasteiger partial charge in [-0.1, -0.05) is 12.1 Å². The van der Waals surface area contributed by atoms with Crippen molar-refractivity contribution in [3.8, 4) is 11.5 Å². The van der Waals surface area contributed by atoms with Crippen LogP contribution in [-0.4, -0.2) is 9.97 Å². The Hall–Kier alpha value is -3.02. The van der Waals surface area contributed by atoms with E-state index in [0.29, 0.717) is 11.1 Å². The molecule has 0 amide bonds. The van der Waals surface area contributed by atoms with Gasteiger partial charge in [0.2, 0.25) is 5.89 Å². The van der Waals surface area contributed by atoms with Gasteiger partial charge in [-0.3, -0.25) is 0 Å². The van der Waals surface area contributed by atoms with Crippen LogP contribution < -0.4 is 5.63 Å². The number of nitrogens with zero attached hydrogens (tertiary/aromatic N) is 1. The number of aromatic amines is 1. The van der Waals surface area contributed by atoms with Gasteiger partial charge in [0.15, 0.2) is 0 Å². The predicted molar refractivity (Wildman–Crippen MR) is 77.5 cm³/mol. The summed E-state index contributed by atoms with van der Waals surface area (Å²) < 4.78 is 32.8. The monoisotopic (exact) mass is 298 g/mol. The van der Waals surface area contributed by atoms with Gasteiger partial charge in [-0.2, -0.15) is 0 Å². The van der Waals surface area contributed by atoms with Gasteiger partial charge in [0.25, 0.3) is 0 Å². The molecule has 108 valence electrons. The molecule has 2 heterocycles. The van der Waals surface area contributed by atoms with Crippen LogP contribution >= 0.6 is 0 Å². The molecule has 4 rings (SSSR count). The van der Waals surface area contributed by atoms with Gasteiger partial charge in [0.05, 0.1) is 11.1 Å². The van der Waals surface area contributed by atoms with E-state index >= 15 is 0 Å². The van der Waals surface area contributed by atoms with Gasteiger partial charge in [0.1, 0.15) is 17.0 Å². The molecule has 0 bridgehead atoms. The number of fused-ring (bicyclic) bond motifs is 2. The summed E-state index contributed by atoms with van der Waals surface area (Å²) in [6, 6.07) is 8.68. The normalized spacial score (nSPS) is 11.4. The van der Waals surface area contributed by atoms with Crippen LogP contribution in [-0.2, 0) is 0 Å². The maximum Gasteiger partial charge on any atom is 0.350 e. The highest BCUT2D eigenvalue weighted by Gasteiger charge is 2.16.